The fraction of sp³-hybridized carbons (Fsp3) is 0.607. The minimum atomic E-state index is -0.0901. The van der Waals surface area contributed by atoms with E-state index in [4.69, 9.17) is 9.47 Å². The summed E-state index contributed by atoms with van der Waals surface area (Å²) in [5.74, 6) is 0.912. The number of piperidine rings is 1. The van der Waals surface area contributed by atoms with Gasteiger partial charge in [0.15, 0.2) is 5.69 Å². The van der Waals surface area contributed by atoms with E-state index >= 15 is 0 Å². The first-order chi connectivity index (χ1) is 17.6. The van der Waals surface area contributed by atoms with Crippen LogP contribution in [0.3, 0.4) is 0 Å². The molecule has 0 bridgehead atoms. The predicted octanol–water partition coefficient (Wildman–Crippen LogP) is 4.24. The summed E-state index contributed by atoms with van der Waals surface area (Å²) in [5.41, 5.74) is 2.37. The zero-order valence-corrected chi connectivity index (χ0v) is 21.3. The molecule has 8 nitrogen and oxygen atoms in total. The molecule has 0 spiro atoms. The molecular weight excluding hydrogens is 456 g/mol. The summed E-state index contributed by atoms with van der Waals surface area (Å²) < 4.78 is 13.4. The molecule has 1 N–H and O–H groups in total. The third-order valence-electron chi connectivity index (χ3n) is 8.02. The van der Waals surface area contributed by atoms with Gasteiger partial charge in [-0.1, -0.05) is 44.2 Å². The summed E-state index contributed by atoms with van der Waals surface area (Å²) in [7, 11) is 1.65. The van der Waals surface area contributed by atoms with Gasteiger partial charge in [-0.15, -0.1) is 0 Å². The molecular formula is C28H38N4O4. The molecule has 5 rings (SSSR count). The molecule has 1 aromatic carbocycles. The van der Waals surface area contributed by atoms with E-state index in [0.29, 0.717) is 50.8 Å². The molecule has 2 aliphatic heterocycles. The number of nitrogens with zero attached hydrogens (tertiary/aromatic N) is 3. The number of rotatable bonds is 5. The number of imidazole rings is 1. The SMILES string of the molecule is COc1ccc(C2Cn3cnc(C(=O)N4CCC(C(=O)NC5CCCCCCC5)CC4)c3CO2)cc1. The van der Waals surface area contributed by atoms with Crippen molar-refractivity contribution >= 4 is 11.8 Å². The van der Waals surface area contributed by atoms with Crippen molar-refractivity contribution in [1.82, 2.24) is 19.8 Å². The molecule has 2 aromatic rings. The molecule has 1 saturated carbocycles. The summed E-state index contributed by atoms with van der Waals surface area (Å²) in [4.78, 5) is 32.5. The monoisotopic (exact) mass is 494 g/mol. The standard InChI is InChI=1S/C28H38N4O4/c1-35-23-11-9-20(10-12-23)25-17-32-19-29-26(24(32)18-36-25)28(34)31-15-13-21(14-16-31)27(33)30-22-7-5-3-2-4-6-8-22/h9-12,19,21-22,25H,2-8,13-18H2,1H3,(H,30,33). The number of fused-ring (bicyclic) bond motifs is 1. The molecule has 8 heteroatoms. The molecule has 3 aliphatic rings. The average Bonchev–Trinajstić information content (AvgIpc) is 3.33. The number of nitrogens with one attached hydrogen (secondary N) is 1. The molecule has 2 amide bonds. The summed E-state index contributed by atoms with van der Waals surface area (Å²) >= 11 is 0. The number of carbonyl (C=O) groups excluding carboxylic acids is 2. The third-order valence-corrected chi connectivity index (χ3v) is 8.02. The fourth-order valence-electron chi connectivity index (χ4n) is 5.74. The Bertz CT molecular complexity index is 1030. The van der Waals surface area contributed by atoms with Gasteiger partial charge in [0.25, 0.3) is 5.91 Å². The topological polar surface area (TPSA) is 85.7 Å². The molecule has 36 heavy (non-hydrogen) atoms. The summed E-state index contributed by atoms with van der Waals surface area (Å²) in [6, 6.07) is 8.19. The van der Waals surface area contributed by atoms with Gasteiger partial charge in [-0.05, 0) is 43.4 Å². The number of hydrogen-bond acceptors (Lipinski definition) is 5. The van der Waals surface area contributed by atoms with Crippen molar-refractivity contribution in [2.75, 3.05) is 20.2 Å². The number of ether oxygens (including phenoxy) is 2. The summed E-state index contributed by atoms with van der Waals surface area (Å²) in [5, 5.41) is 3.31. The van der Waals surface area contributed by atoms with E-state index in [1.165, 1.54) is 32.1 Å². The van der Waals surface area contributed by atoms with Crippen molar-refractivity contribution in [3.8, 4) is 5.75 Å². The van der Waals surface area contributed by atoms with Crippen LogP contribution in [0.2, 0.25) is 0 Å². The Morgan fingerprint density at radius 1 is 1.00 bits per heavy atom. The van der Waals surface area contributed by atoms with Crippen molar-refractivity contribution in [3.05, 3.63) is 47.5 Å². The Labute approximate surface area is 213 Å². The first-order valence-electron chi connectivity index (χ1n) is 13.5. The van der Waals surface area contributed by atoms with Crippen LogP contribution in [0.4, 0.5) is 0 Å². The summed E-state index contributed by atoms with van der Waals surface area (Å²) in [6.07, 6.45) is 11.5. The van der Waals surface area contributed by atoms with E-state index in [-0.39, 0.29) is 23.8 Å². The van der Waals surface area contributed by atoms with Gasteiger partial charge in [0, 0.05) is 25.0 Å². The Hall–Kier alpha value is -2.87. The van der Waals surface area contributed by atoms with Gasteiger partial charge in [-0.2, -0.15) is 0 Å². The molecule has 1 atom stereocenters. The van der Waals surface area contributed by atoms with Gasteiger partial charge in [-0.25, -0.2) is 4.98 Å². The highest BCUT2D eigenvalue weighted by Gasteiger charge is 2.32. The summed E-state index contributed by atoms with van der Waals surface area (Å²) in [6.45, 7) is 2.13. The van der Waals surface area contributed by atoms with Gasteiger partial charge in [0.2, 0.25) is 5.91 Å². The minimum Gasteiger partial charge on any atom is -0.497 e. The van der Waals surface area contributed by atoms with Crippen LogP contribution < -0.4 is 10.1 Å². The lowest BCUT2D eigenvalue weighted by Crippen LogP contribution is -2.45. The van der Waals surface area contributed by atoms with E-state index < -0.39 is 0 Å². The van der Waals surface area contributed by atoms with Gasteiger partial charge in [0.05, 0.1) is 32.3 Å². The predicted molar refractivity (Wildman–Crippen MR) is 136 cm³/mol. The maximum absolute atomic E-state index is 13.3. The maximum Gasteiger partial charge on any atom is 0.274 e. The number of hydrogen-bond donors (Lipinski definition) is 1. The van der Waals surface area contributed by atoms with E-state index in [2.05, 4.69) is 10.3 Å². The molecule has 1 unspecified atom stereocenters. The van der Waals surface area contributed by atoms with Crippen LogP contribution in [0.15, 0.2) is 30.6 Å². The van der Waals surface area contributed by atoms with Crippen LogP contribution in [-0.4, -0.2) is 52.5 Å². The first kappa shape index (κ1) is 24.8. The molecule has 1 aliphatic carbocycles. The van der Waals surface area contributed by atoms with Crippen molar-refractivity contribution in [3.63, 3.8) is 0 Å². The lowest BCUT2D eigenvalue weighted by Gasteiger charge is -2.32. The van der Waals surface area contributed by atoms with Crippen molar-refractivity contribution in [1.29, 1.82) is 0 Å². The first-order valence-corrected chi connectivity index (χ1v) is 13.5. The second-order valence-corrected chi connectivity index (χ2v) is 10.4. The second kappa shape index (κ2) is 11.5. The van der Waals surface area contributed by atoms with E-state index in [0.717, 1.165) is 29.8 Å². The second-order valence-electron chi connectivity index (χ2n) is 10.4. The quantitative estimate of drug-likeness (QED) is 0.672. The van der Waals surface area contributed by atoms with Crippen LogP contribution in [0.5, 0.6) is 5.75 Å². The molecule has 1 saturated heterocycles. The number of benzene rings is 1. The van der Waals surface area contributed by atoms with Crippen molar-refractivity contribution < 1.29 is 19.1 Å². The number of methoxy groups -OCH3 is 1. The Kier molecular flexibility index (Phi) is 7.90. The van der Waals surface area contributed by atoms with E-state index in [9.17, 15) is 9.59 Å². The number of carbonyl (C=O) groups is 2. The maximum atomic E-state index is 13.3. The normalized spacial score (nSPS) is 21.8. The Morgan fingerprint density at radius 3 is 2.39 bits per heavy atom. The minimum absolute atomic E-state index is 0.0102. The highest BCUT2D eigenvalue weighted by atomic mass is 16.5. The molecule has 1 aromatic heterocycles. The largest absolute Gasteiger partial charge is 0.497 e. The Morgan fingerprint density at radius 2 is 1.69 bits per heavy atom. The van der Waals surface area contributed by atoms with Crippen LogP contribution in [0.1, 0.15) is 85.6 Å². The average molecular weight is 495 g/mol. The fourth-order valence-corrected chi connectivity index (χ4v) is 5.74. The van der Waals surface area contributed by atoms with Crippen molar-refractivity contribution in [2.24, 2.45) is 5.92 Å². The van der Waals surface area contributed by atoms with Crippen LogP contribution in [0.25, 0.3) is 0 Å². The van der Waals surface area contributed by atoms with Gasteiger partial charge >= 0.3 is 0 Å². The highest BCUT2D eigenvalue weighted by Crippen LogP contribution is 2.30. The van der Waals surface area contributed by atoms with Crippen molar-refractivity contribution in [2.45, 2.75) is 83.1 Å². The number of amides is 2. The molecule has 0 radical (unpaired) electrons. The lowest BCUT2D eigenvalue weighted by atomic mass is 9.93. The Balaban J connectivity index is 1.14. The molecule has 2 fully saturated rings. The third kappa shape index (κ3) is 5.59. The smallest absolute Gasteiger partial charge is 0.274 e. The molecule has 3 heterocycles. The van der Waals surface area contributed by atoms with E-state index in [1.54, 1.807) is 13.4 Å². The zero-order chi connectivity index (χ0) is 24.9. The lowest BCUT2D eigenvalue weighted by molar-refractivity contribution is -0.127. The highest BCUT2D eigenvalue weighted by molar-refractivity contribution is 5.93. The number of aromatic nitrogens is 2. The van der Waals surface area contributed by atoms with Crippen LogP contribution in [-0.2, 0) is 22.7 Å². The number of likely N-dealkylation sites (tertiary alicyclic amines) is 1. The molecule has 194 valence electrons. The van der Waals surface area contributed by atoms with Gasteiger partial charge in [-0.3, -0.25) is 9.59 Å². The zero-order valence-electron chi connectivity index (χ0n) is 21.3. The van der Waals surface area contributed by atoms with Crippen LogP contribution in [0, 0.1) is 5.92 Å². The van der Waals surface area contributed by atoms with Gasteiger partial charge < -0.3 is 24.3 Å². The van der Waals surface area contributed by atoms with Gasteiger partial charge in [0.1, 0.15) is 11.9 Å². The van der Waals surface area contributed by atoms with E-state index in [1.807, 2.05) is 33.7 Å². The van der Waals surface area contributed by atoms with Crippen LogP contribution >= 0.6 is 0 Å².